The van der Waals surface area contributed by atoms with E-state index in [4.69, 9.17) is 5.11 Å². The molecule has 142 valence electrons. The molecule has 8 heteroatoms. The Hall–Kier alpha value is -2.12. The second-order valence-electron chi connectivity index (χ2n) is 6.91. The largest absolute Gasteiger partial charge is 0.480 e. The van der Waals surface area contributed by atoms with Gasteiger partial charge in [0.15, 0.2) is 0 Å². The lowest BCUT2D eigenvalue weighted by Crippen LogP contribution is -2.55. The Balaban J connectivity index is 2.55. The normalized spacial score (nSPS) is 17.4. The monoisotopic (exact) mass is 355 g/mol. The molecule has 1 aliphatic rings. The fraction of sp³-hybridized carbons (Fsp3) is 0.765. The van der Waals surface area contributed by atoms with Gasteiger partial charge in [-0.15, -0.1) is 0 Å². The molecule has 1 saturated carbocycles. The second kappa shape index (κ2) is 10.0. The van der Waals surface area contributed by atoms with Crippen LogP contribution in [0, 0.1) is 11.8 Å². The lowest BCUT2D eigenvalue weighted by molar-refractivity contribution is -0.139. The molecule has 3 amide bonds. The predicted octanol–water partition coefficient (Wildman–Crippen LogP) is 0.413. The van der Waals surface area contributed by atoms with E-state index in [1.165, 1.54) is 0 Å². The van der Waals surface area contributed by atoms with E-state index in [-0.39, 0.29) is 17.7 Å². The van der Waals surface area contributed by atoms with Gasteiger partial charge in [0.25, 0.3) is 0 Å². The predicted molar refractivity (Wildman–Crippen MR) is 91.6 cm³/mol. The average molecular weight is 355 g/mol. The van der Waals surface area contributed by atoms with E-state index in [9.17, 15) is 19.2 Å². The number of carbonyl (C=O) groups excluding carboxylic acids is 3. The van der Waals surface area contributed by atoms with Crippen molar-refractivity contribution in [1.29, 1.82) is 0 Å². The Bertz CT molecular complexity index is 501. The van der Waals surface area contributed by atoms with Gasteiger partial charge in [-0.2, -0.15) is 0 Å². The van der Waals surface area contributed by atoms with Crippen molar-refractivity contribution >= 4 is 23.7 Å². The van der Waals surface area contributed by atoms with Crippen LogP contribution in [-0.4, -0.2) is 47.4 Å². The van der Waals surface area contributed by atoms with Crippen molar-refractivity contribution in [2.45, 2.75) is 65.0 Å². The molecule has 0 aliphatic heterocycles. The minimum Gasteiger partial charge on any atom is -0.480 e. The average Bonchev–Trinajstić information content (AvgIpc) is 2.57. The first-order chi connectivity index (χ1) is 11.7. The van der Waals surface area contributed by atoms with Crippen molar-refractivity contribution in [3.63, 3.8) is 0 Å². The van der Waals surface area contributed by atoms with Crippen LogP contribution in [0.15, 0.2) is 0 Å². The fourth-order valence-electron chi connectivity index (χ4n) is 2.85. The molecule has 4 N–H and O–H groups in total. The number of hydrogen-bond donors (Lipinski definition) is 4. The lowest BCUT2D eigenvalue weighted by atomic mass is 9.88. The zero-order valence-electron chi connectivity index (χ0n) is 15.1. The van der Waals surface area contributed by atoms with Gasteiger partial charge in [0.1, 0.15) is 18.6 Å². The molecule has 0 saturated heterocycles. The third kappa shape index (κ3) is 7.11. The van der Waals surface area contributed by atoms with Gasteiger partial charge in [-0.3, -0.25) is 19.2 Å². The molecule has 2 atom stereocenters. The molecular formula is C17H29N3O5. The van der Waals surface area contributed by atoms with E-state index < -0.39 is 36.4 Å². The van der Waals surface area contributed by atoms with E-state index >= 15 is 0 Å². The lowest BCUT2D eigenvalue weighted by Gasteiger charge is -2.25. The second-order valence-corrected chi connectivity index (χ2v) is 6.91. The van der Waals surface area contributed by atoms with Gasteiger partial charge in [0, 0.05) is 5.92 Å². The van der Waals surface area contributed by atoms with Crippen LogP contribution in [0.3, 0.4) is 0 Å². The van der Waals surface area contributed by atoms with Gasteiger partial charge in [-0.25, -0.2) is 0 Å². The van der Waals surface area contributed by atoms with E-state index in [1.54, 1.807) is 20.8 Å². The summed E-state index contributed by atoms with van der Waals surface area (Å²) in [6.45, 7) is 4.56. The fourth-order valence-corrected chi connectivity index (χ4v) is 2.85. The van der Waals surface area contributed by atoms with Crippen LogP contribution >= 0.6 is 0 Å². The molecule has 1 rings (SSSR count). The Labute approximate surface area is 148 Å². The third-order valence-corrected chi connectivity index (χ3v) is 4.39. The first-order valence-electron chi connectivity index (χ1n) is 8.82. The Morgan fingerprint density at radius 3 is 2.08 bits per heavy atom. The number of aliphatic carboxylic acids is 1. The maximum absolute atomic E-state index is 12.3. The molecule has 0 bridgehead atoms. The van der Waals surface area contributed by atoms with Crippen molar-refractivity contribution in [1.82, 2.24) is 16.0 Å². The smallest absolute Gasteiger partial charge is 0.322 e. The Morgan fingerprint density at radius 1 is 0.960 bits per heavy atom. The van der Waals surface area contributed by atoms with Crippen LogP contribution in [0.4, 0.5) is 0 Å². The van der Waals surface area contributed by atoms with Crippen molar-refractivity contribution in [3.05, 3.63) is 0 Å². The highest BCUT2D eigenvalue weighted by Gasteiger charge is 2.28. The van der Waals surface area contributed by atoms with Crippen LogP contribution in [0.1, 0.15) is 52.9 Å². The number of carbonyl (C=O) groups is 4. The zero-order valence-corrected chi connectivity index (χ0v) is 15.1. The van der Waals surface area contributed by atoms with Crippen LogP contribution in [0.25, 0.3) is 0 Å². The number of carboxylic acids is 1. The maximum atomic E-state index is 12.3. The van der Waals surface area contributed by atoms with E-state index in [0.717, 1.165) is 32.1 Å². The molecule has 0 unspecified atom stereocenters. The van der Waals surface area contributed by atoms with Gasteiger partial charge in [-0.05, 0) is 25.7 Å². The summed E-state index contributed by atoms with van der Waals surface area (Å²) in [5, 5.41) is 16.2. The number of amides is 3. The molecule has 0 aromatic heterocycles. The van der Waals surface area contributed by atoms with Crippen LogP contribution in [0.5, 0.6) is 0 Å². The summed E-state index contributed by atoms with van der Waals surface area (Å²) in [4.78, 5) is 47.1. The third-order valence-electron chi connectivity index (χ3n) is 4.39. The molecule has 1 aliphatic carbocycles. The van der Waals surface area contributed by atoms with E-state index in [2.05, 4.69) is 16.0 Å². The first kappa shape index (κ1) is 20.9. The molecule has 0 aromatic rings. The van der Waals surface area contributed by atoms with Gasteiger partial charge in [0.05, 0.1) is 0 Å². The quantitative estimate of drug-likeness (QED) is 0.502. The molecule has 8 nitrogen and oxygen atoms in total. The minimum absolute atomic E-state index is 0.0521. The topological polar surface area (TPSA) is 125 Å². The summed E-state index contributed by atoms with van der Waals surface area (Å²) in [6, 6.07) is -1.62. The summed E-state index contributed by atoms with van der Waals surface area (Å²) in [5.41, 5.74) is 0. The van der Waals surface area contributed by atoms with Crippen LogP contribution in [-0.2, 0) is 19.2 Å². The Kier molecular flexibility index (Phi) is 8.37. The molecule has 25 heavy (non-hydrogen) atoms. The molecule has 0 aromatic carbocycles. The minimum atomic E-state index is -1.16. The van der Waals surface area contributed by atoms with Crippen LogP contribution < -0.4 is 16.0 Å². The molecule has 0 radical (unpaired) electrons. The van der Waals surface area contributed by atoms with Crippen LogP contribution in [0.2, 0.25) is 0 Å². The van der Waals surface area contributed by atoms with Crippen molar-refractivity contribution < 1.29 is 24.3 Å². The van der Waals surface area contributed by atoms with Crippen molar-refractivity contribution in [2.75, 3.05) is 6.54 Å². The molecule has 1 fully saturated rings. The highest BCUT2D eigenvalue weighted by molar-refractivity contribution is 5.93. The summed E-state index contributed by atoms with van der Waals surface area (Å²) in [7, 11) is 0. The van der Waals surface area contributed by atoms with E-state index in [1.807, 2.05) is 0 Å². The number of rotatable bonds is 8. The molecule has 0 heterocycles. The highest BCUT2D eigenvalue weighted by atomic mass is 16.4. The zero-order chi connectivity index (χ0) is 19.0. The van der Waals surface area contributed by atoms with Gasteiger partial charge >= 0.3 is 5.97 Å². The van der Waals surface area contributed by atoms with E-state index in [0.29, 0.717) is 0 Å². The van der Waals surface area contributed by atoms with Crippen molar-refractivity contribution in [2.24, 2.45) is 11.8 Å². The number of carboxylic acid groups (broad SMARTS) is 1. The number of hydrogen-bond acceptors (Lipinski definition) is 4. The molecule has 0 spiro atoms. The molecular weight excluding hydrogens is 326 g/mol. The number of nitrogens with one attached hydrogen (secondary N) is 3. The SMILES string of the molecule is CC(C)[C@H](NC(=O)[C@H](C)NC(=O)C1CCCCC1)C(=O)NCC(=O)O. The van der Waals surface area contributed by atoms with Crippen molar-refractivity contribution in [3.8, 4) is 0 Å². The summed E-state index contributed by atoms with van der Waals surface area (Å²) in [5.74, 6) is -2.58. The van der Waals surface area contributed by atoms with Gasteiger partial charge in [0.2, 0.25) is 17.7 Å². The maximum Gasteiger partial charge on any atom is 0.322 e. The van der Waals surface area contributed by atoms with Gasteiger partial charge < -0.3 is 21.1 Å². The summed E-state index contributed by atoms with van der Waals surface area (Å²) >= 11 is 0. The summed E-state index contributed by atoms with van der Waals surface area (Å²) < 4.78 is 0. The highest BCUT2D eigenvalue weighted by Crippen LogP contribution is 2.23. The standard InChI is InChI=1S/C17H29N3O5/c1-10(2)14(17(25)18-9-13(21)22)20-15(23)11(3)19-16(24)12-7-5-4-6-8-12/h10-12,14H,4-9H2,1-3H3,(H,18,25)(H,19,24)(H,20,23)(H,21,22)/t11-,14-/m0/s1. The first-order valence-corrected chi connectivity index (χ1v) is 8.82. The van der Waals surface area contributed by atoms with Gasteiger partial charge in [-0.1, -0.05) is 33.1 Å². The summed E-state index contributed by atoms with van der Waals surface area (Å²) in [6.07, 6.45) is 4.87. The Morgan fingerprint density at radius 2 is 1.56 bits per heavy atom.